The van der Waals surface area contributed by atoms with E-state index in [0.29, 0.717) is 0 Å². The summed E-state index contributed by atoms with van der Waals surface area (Å²) >= 11 is 1.84. The molecule has 1 unspecified atom stereocenters. The van der Waals surface area contributed by atoms with Crippen LogP contribution in [0.4, 0.5) is 0 Å². The van der Waals surface area contributed by atoms with Gasteiger partial charge in [0, 0.05) is 11.4 Å². The number of thiophene rings is 1. The average Bonchev–Trinajstić information content (AvgIpc) is 2.88. The van der Waals surface area contributed by atoms with Crippen LogP contribution in [0, 0.1) is 5.92 Å². The highest BCUT2D eigenvalue weighted by Gasteiger charge is 2.03. The van der Waals surface area contributed by atoms with Crippen molar-refractivity contribution in [1.29, 1.82) is 0 Å². The van der Waals surface area contributed by atoms with Crippen LogP contribution in [-0.2, 0) is 6.54 Å². The van der Waals surface area contributed by atoms with Gasteiger partial charge in [-0.2, -0.15) is 0 Å². The van der Waals surface area contributed by atoms with E-state index in [2.05, 4.69) is 60.9 Å². The maximum Gasteiger partial charge on any atom is 0.0300 e. The first-order valence-corrected chi connectivity index (χ1v) is 7.51. The lowest BCUT2D eigenvalue weighted by Crippen LogP contribution is -2.19. The van der Waals surface area contributed by atoms with Crippen molar-refractivity contribution in [3.8, 4) is 11.1 Å². The minimum absolute atomic E-state index is 0.763. The molecule has 0 spiro atoms. The van der Waals surface area contributed by atoms with Crippen molar-refractivity contribution in [3.05, 3.63) is 46.7 Å². The van der Waals surface area contributed by atoms with Gasteiger partial charge in [0.1, 0.15) is 0 Å². The smallest absolute Gasteiger partial charge is 0.0300 e. The van der Waals surface area contributed by atoms with Gasteiger partial charge in [-0.3, -0.25) is 0 Å². The van der Waals surface area contributed by atoms with E-state index in [1.807, 2.05) is 11.3 Å². The Labute approximate surface area is 114 Å². The van der Waals surface area contributed by atoms with E-state index in [-0.39, 0.29) is 0 Å². The fraction of sp³-hybridized carbons (Fsp3) is 0.375. The lowest BCUT2D eigenvalue weighted by Gasteiger charge is -2.08. The minimum atomic E-state index is 0.763. The van der Waals surface area contributed by atoms with E-state index in [1.165, 1.54) is 22.4 Å². The molecule has 2 rings (SSSR count). The van der Waals surface area contributed by atoms with Crippen LogP contribution in [0.5, 0.6) is 0 Å². The third kappa shape index (κ3) is 3.69. The van der Waals surface area contributed by atoms with E-state index < -0.39 is 0 Å². The number of benzene rings is 1. The number of rotatable bonds is 6. The van der Waals surface area contributed by atoms with Gasteiger partial charge in [0.15, 0.2) is 0 Å². The molecule has 1 N–H and O–H groups in total. The summed E-state index contributed by atoms with van der Waals surface area (Å²) in [5, 5.41) is 5.77. The molecule has 1 nitrogen and oxygen atoms in total. The molecule has 0 aliphatic heterocycles. The van der Waals surface area contributed by atoms with Crippen molar-refractivity contribution < 1.29 is 0 Å². The zero-order valence-corrected chi connectivity index (χ0v) is 12.0. The van der Waals surface area contributed by atoms with Crippen LogP contribution in [0.3, 0.4) is 0 Å². The maximum atomic E-state index is 3.53. The van der Waals surface area contributed by atoms with Crippen LogP contribution in [-0.4, -0.2) is 6.54 Å². The Morgan fingerprint density at radius 1 is 1.17 bits per heavy atom. The van der Waals surface area contributed by atoms with Crippen molar-refractivity contribution >= 4 is 11.3 Å². The van der Waals surface area contributed by atoms with Crippen LogP contribution in [0.2, 0.25) is 0 Å². The summed E-state index contributed by atoms with van der Waals surface area (Å²) < 4.78 is 0. The summed E-state index contributed by atoms with van der Waals surface area (Å²) in [4.78, 5) is 1.41. The number of hydrogen-bond acceptors (Lipinski definition) is 2. The molecule has 0 fully saturated rings. The molecular formula is C16H21NS. The van der Waals surface area contributed by atoms with E-state index in [4.69, 9.17) is 0 Å². The second kappa shape index (κ2) is 6.72. The fourth-order valence-corrected chi connectivity index (χ4v) is 2.70. The molecule has 2 aromatic rings. The molecule has 1 aromatic heterocycles. The zero-order valence-electron chi connectivity index (χ0n) is 11.1. The molecule has 0 bridgehead atoms. The monoisotopic (exact) mass is 259 g/mol. The van der Waals surface area contributed by atoms with E-state index >= 15 is 0 Å². The van der Waals surface area contributed by atoms with Gasteiger partial charge < -0.3 is 5.32 Å². The van der Waals surface area contributed by atoms with Crippen LogP contribution >= 0.6 is 11.3 Å². The first-order chi connectivity index (χ1) is 8.79. The van der Waals surface area contributed by atoms with Crippen molar-refractivity contribution in [2.75, 3.05) is 6.54 Å². The first-order valence-electron chi connectivity index (χ1n) is 6.63. The van der Waals surface area contributed by atoms with Gasteiger partial charge in [0.25, 0.3) is 0 Å². The predicted octanol–water partition coefficient (Wildman–Crippen LogP) is 4.55. The largest absolute Gasteiger partial charge is 0.312 e. The highest BCUT2D eigenvalue weighted by molar-refractivity contribution is 7.10. The molecule has 0 amide bonds. The Bertz CT molecular complexity index is 461. The molecule has 96 valence electrons. The van der Waals surface area contributed by atoms with E-state index in [1.54, 1.807) is 0 Å². The van der Waals surface area contributed by atoms with Gasteiger partial charge in [-0.25, -0.2) is 0 Å². The molecule has 1 aromatic carbocycles. The Morgan fingerprint density at radius 2 is 1.94 bits per heavy atom. The Kier molecular flexibility index (Phi) is 4.97. The molecule has 0 aliphatic rings. The molecule has 1 atom stereocenters. The Balaban J connectivity index is 1.91. The molecule has 18 heavy (non-hydrogen) atoms. The quantitative estimate of drug-likeness (QED) is 0.802. The lowest BCUT2D eigenvalue weighted by atomic mass is 10.1. The van der Waals surface area contributed by atoms with Gasteiger partial charge in [-0.05, 0) is 35.0 Å². The molecule has 2 heteroatoms. The third-order valence-electron chi connectivity index (χ3n) is 3.25. The summed E-state index contributed by atoms with van der Waals surface area (Å²) in [6.45, 7) is 6.62. The van der Waals surface area contributed by atoms with Crippen molar-refractivity contribution in [3.63, 3.8) is 0 Å². The molecule has 1 heterocycles. The maximum absolute atomic E-state index is 3.53. The zero-order chi connectivity index (χ0) is 12.8. The highest BCUT2D eigenvalue weighted by Crippen LogP contribution is 2.25. The van der Waals surface area contributed by atoms with Crippen LogP contribution in [0.1, 0.15) is 25.1 Å². The minimum Gasteiger partial charge on any atom is -0.312 e. The topological polar surface area (TPSA) is 12.0 Å². The Hall–Kier alpha value is -1.12. The SMILES string of the molecule is CCC(C)CNCc1cc(-c2ccccc2)cs1. The second-order valence-corrected chi connectivity index (χ2v) is 5.81. The van der Waals surface area contributed by atoms with Crippen molar-refractivity contribution in [1.82, 2.24) is 5.32 Å². The van der Waals surface area contributed by atoms with Gasteiger partial charge in [0.05, 0.1) is 0 Å². The molecule has 0 aliphatic carbocycles. The van der Waals surface area contributed by atoms with E-state index in [0.717, 1.165) is 19.0 Å². The van der Waals surface area contributed by atoms with Gasteiger partial charge in [-0.1, -0.05) is 50.6 Å². The first kappa shape index (κ1) is 13.3. The summed E-state index contributed by atoms with van der Waals surface area (Å²) in [5.41, 5.74) is 2.64. The van der Waals surface area contributed by atoms with Gasteiger partial charge >= 0.3 is 0 Å². The summed E-state index contributed by atoms with van der Waals surface area (Å²) in [5.74, 6) is 0.763. The molecule has 0 saturated carbocycles. The standard InChI is InChI=1S/C16H21NS/c1-3-13(2)10-17-11-16-9-15(12-18-16)14-7-5-4-6-8-14/h4-9,12-13,17H,3,10-11H2,1-2H3. The summed E-state index contributed by atoms with van der Waals surface area (Å²) in [7, 11) is 0. The predicted molar refractivity (Wildman–Crippen MR) is 80.9 cm³/mol. The van der Waals surface area contributed by atoms with Crippen LogP contribution in [0.15, 0.2) is 41.8 Å². The van der Waals surface area contributed by atoms with Gasteiger partial charge in [-0.15, -0.1) is 11.3 Å². The summed E-state index contributed by atoms with van der Waals surface area (Å²) in [6.07, 6.45) is 1.24. The fourth-order valence-electron chi connectivity index (χ4n) is 1.84. The second-order valence-electron chi connectivity index (χ2n) is 4.81. The normalized spacial score (nSPS) is 12.6. The van der Waals surface area contributed by atoms with Gasteiger partial charge in [0.2, 0.25) is 0 Å². The molecule has 0 saturated heterocycles. The van der Waals surface area contributed by atoms with Crippen molar-refractivity contribution in [2.24, 2.45) is 5.92 Å². The van der Waals surface area contributed by atoms with Crippen molar-refractivity contribution in [2.45, 2.75) is 26.8 Å². The lowest BCUT2D eigenvalue weighted by molar-refractivity contribution is 0.501. The molecule has 0 radical (unpaired) electrons. The number of hydrogen-bond donors (Lipinski definition) is 1. The number of nitrogens with one attached hydrogen (secondary N) is 1. The highest BCUT2D eigenvalue weighted by atomic mass is 32.1. The summed E-state index contributed by atoms with van der Waals surface area (Å²) in [6, 6.07) is 12.9. The third-order valence-corrected chi connectivity index (χ3v) is 4.19. The average molecular weight is 259 g/mol. The van der Waals surface area contributed by atoms with Crippen LogP contribution in [0.25, 0.3) is 11.1 Å². The molecular weight excluding hydrogens is 238 g/mol. The van der Waals surface area contributed by atoms with E-state index in [9.17, 15) is 0 Å². The Morgan fingerprint density at radius 3 is 2.67 bits per heavy atom. The van der Waals surface area contributed by atoms with Crippen LogP contribution < -0.4 is 5.32 Å².